The number of halogens is 1. The minimum absolute atomic E-state index is 0.712. The van der Waals surface area contributed by atoms with Crippen molar-refractivity contribution in [3.8, 4) is 11.3 Å². The standard InChI is InChI=1S/C12H11ClN2O/c13-10-4-2-1-3-8(10)12-9-7-14-6-5-11(9)16-15-12/h1-4,14H,5-7H2. The quantitative estimate of drug-likeness (QED) is 0.825. The molecule has 0 saturated carbocycles. The van der Waals surface area contributed by atoms with Crippen LogP contribution in [0.3, 0.4) is 0 Å². The van der Waals surface area contributed by atoms with E-state index in [0.717, 1.165) is 42.1 Å². The average Bonchev–Trinajstić information content (AvgIpc) is 2.74. The summed E-state index contributed by atoms with van der Waals surface area (Å²) in [5.74, 6) is 0.980. The molecule has 0 saturated heterocycles. The predicted molar refractivity (Wildman–Crippen MR) is 62.4 cm³/mol. The lowest BCUT2D eigenvalue weighted by atomic mass is 10.0. The van der Waals surface area contributed by atoms with Crippen LogP contribution in [0.25, 0.3) is 11.3 Å². The van der Waals surface area contributed by atoms with Crippen molar-refractivity contribution in [3.05, 3.63) is 40.6 Å². The lowest BCUT2D eigenvalue weighted by Gasteiger charge is -2.11. The van der Waals surface area contributed by atoms with Gasteiger partial charge in [0.2, 0.25) is 0 Å². The van der Waals surface area contributed by atoms with Crippen molar-refractivity contribution < 1.29 is 4.52 Å². The highest BCUT2D eigenvalue weighted by Crippen LogP contribution is 2.32. The van der Waals surface area contributed by atoms with Crippen molar-refractivity contribution in [3.63, 3.8) is 0 Å². The number of nitrogens with one attached hydrogen (secondary N) is 1. The lowest BCUT2D eigenvalue weighted by Crippen LogP contribution is -2.22. The Hall–Kier alpha value is -1.32. The molecule has 3 nitrogen and oxygen atoms in total. The number of fused-ring (bicyclic) bond motifs is 1. The van der Waals surface area contributed by atoms with Crippen LogP contribution >= 0.6 is 11.6 Å². The molecule has 2 aromatic rings. The summed E-state index contributed by atoms with van der Waals surface area (Å²) in [6, 6.07) is 7.71. The Morgan fingerprint density at radius 3 is 3.06 bits per heavy atom. The summed E-state index contributed by atoms with van der Waals surface area (Å²) in [5, 5.41) is 8.16. The Kier molecular flexibility index (Phi) is 2.42. The SMILES string of the molecule is Clc1ccccc1-c1noc2c1CNCC2. The van der Waals surface area contributed by atoms with E-state index in [2.05, 4.69) is 10.5 Å². The van der Waals surface area contributed by atoms with Gasteiger partial charge in [0, 0.05) is 30.6 Å². The van der Waals surface area contributed by atoms with Crippen molar-refractivity contribution in [2.24, 2.45) is 0 Å². The first-order chi connectivity index (χ1) is 7.86. The number of rotatable bonds is 1. The summed E-state index contributed by atoms with van der Waals surface area (Å²) in [6.45, 7) is 1.75. The Morgan fingerprint density at radius 1 is 1.31 bits per heavy atom. The molecule has 1 aliphatic rings. The van der Waals surface area contributed by atoms with Crippen LogP contribution in [-0.2, 0) is 13.0 Å². The minimum Gasteiger partial charge on any atom is -0.360 e. The van der Waals surface area contributed by atoms with E-state index in [0.29, 0.717) is 5.02 Å². The van der Waals surface area contributed by atoms with E-state index >= 15 is 0 Å². The maximum atomic E-state index is 6.16. The molecule has 1 aromatic carbocycles. The fourth-order valence-electron chi connectivity index (χ4n) is 2.00. The van der Waals surface area contributed by atoms with Gasteiger partial charge in [-0.2, -0.15) is 0 Å². The molecule has 0 spiro atoms. The van der Waals surface area contributed by atoms with E-state index in [1.165, 1.54) is 0 Å². The van der Waals surface area contributed by atoms with Gasteiger partial charge < -0.3 is 9.84 Å². The van der Waals surface area contributed by atoms with E-state index in [-0.39, 0.29) is 0 Å². The number of aromatic nitrogens is 1. The molecule has 0 aliphatic carbocycles. The molecule has 16 heavy (non-hydrogen) atoms. The van der Waals surface area contributed by atoms with Crippen LogP contribution in [0.1, 0.15) is 11.3 Å². The van der Waals surface area contributed by atoms with E-state index < -0.39 is 0 Å². The molecule has 1 N–H and O–H groups in total. The van der Waals surface area contributed by atoms with Gasteiger partial charge in [0.25, 0.3) is 0 Å². The molecule has 82 valence electrons. The maximum absolute atomic E-state index is 6.16. The van der Waals surface area contributed by atoms with Gasteiger partial charge in [-0.15, -0.1) is 0 Å². The molecule has 3 rings (SSSR count). The number of hydrogen-bond donors (Lipinski definition) is 1. The van der Waals surface area contributed by atoms with Gasteiger partial charge in [-0.25, -0.2) is 0 Å². The smallest absolute Gasteiger partial charge is 0.143 e. The fourth-order valence-corrected chi connectivity index (χ4v) is 2.23. The highest BCUT2D eigenvalue weighted by molar-refractivity contribution is 6.33. The van der Waals surface area contributed by atoms with Crippen molar-refractivity contribution in [1.82, 2.24) is 10.5 Å². The Morgan fingerprint density at radius 2 is 2.19 bits per heavy atom. The largest absolute Gasteiger partial charge is 0.360 e. The number of nitrogens with zero attached hydrogens (tertiary/aromatic N) is 1. The van der Waals surface area contributed by atoms with Gasteiger partial charge in [0.15, 0.2) is 0 Å². The maximum Gasteiger partial charge on any atom is 0.143 e. The molecule has 1 aliphatic heterocycles. The molecule has 1 aromatic heterocycles. The second-order valence-corrected chi connectivity index (χ2v) is 4.25. The van der Waals surface area contributed by atoms with E-state index in [1.54, 1.807) is 0 Å². The van der Waals surface area contributed by atoms with Gasteiger partial charge in [0.1, 0.15) is 11.5 Å². The third-order valence-electron chi connectivity index (χ3n) is 2.83. The van der Waals surface area contributed by atoms with Crippen LogP contribution in [-0.4, -0.2) is 11.7 Å². The summed E-state index contributed by atoms with van der Waals surface area (Å²) in [4.78, 5) is 0. The Balaban J connectivity index is 2.13. The van der Waals surface area contributed by atoms with E-state index in [4.69, 9.17) is 16.1 Å². The summed E-state index contributed by atoms with van der Waals surface area (Å²) in [7, 11) is 0. The van der Waals surface area contributed by atoms with Gasteiger partial charge >= 0.3 is 0 Å². The first kappa shape index (κ1) is 9.87. The monoisotopic (exact) mass is 234 g/mol. The highest BCUT2D eigenvalue weighted by Gasteiger charge is 2.21. The fraction of sp³-hybridized carbons (Fsp3) is 0.250. The van der Waals surface area contributed by atoms with E-state index in [1.807, 2.05) is 24.3 Å². The van der Waals surface area contributed by atoms with Crippen molar-refractivity contribution >= 4 is 11.6 Å². The molecule has 0 bridgehead atoms. The molecular weight excluding hydrogens is 224 g/mol. The molecule has 4 heteroatoms. The topological polar surface area (TPSA) is 38.1 Å². The molecule has 0 radical (unpaired) electrons. The number of hydrogen-bond acceptors (Lipinski definition) is 3. The minimum atomic E-state index is 0.712. The third kappa shape index (κ3) is 1.52. The molecule has 2 heterocycles. The Labute approximate surface area is 98.4 Å². The van der Waals surface area contributed by atoms with E-state index in [9.17, 15) is 0 Å². The molecule has 0 atom stereocenters. The van der Waals surface area contributed by atoms with Crippen LogP contribution in [0.2, 0.25) is 5.02 Å². The zero-order valence-corrected chi connectivity index (χ0v) is 9.42. The van der Waals surface area contributed by atoms with Crippen molar-refractivity contribution in [2.45, 2.75) is 13.0 Å². The van der Waals surface area contributed by atoms with Crippen LogP contribution < -0.4 is 5.32 Å². The zero-order chi connectivity index (χ0) is 11.0. The normalized spacial score (nSPS) is 14.8. The summed E-state index contributed by atoms with van der Waals surface area (Å²) < 4.78 is 5.35. The van der Waals surface area contributed by atoms with Gasteiger partial charge in [-0.3, -0.25) is 0 Å². The summed E-state index contributed by atoms with van der Waals surface area (Å²) in [6.07, 6.45) is 0.896. The van der Waals surface area contributed by atoms with Crippen LogP contribution in [0.4, 0.5) is 0 Å². The first-order valence-corrected chi connectivity index (χ1v) is 5.67. The zero-order valence-electron chi connectivity index (χ0n) is 8.66. The Bertz CT molecular complexity index is 521. The van der Waals surface area contributed by atoms with Crippen LogP contribution in [0.15, 0.2) is 28.8 Å². The van der Waals surface area contributed by atoms with Crippen molar-refractivity contribution in [2.75, 3.05) is 6.54 Å². The first-order valence-electron chi connectivity index (χ1n) is 5.29. The molecular formula is C12H11ClN2O. The predicted octanol–water partition coefficient (Wildman–Crippen LogP) is 2.64. The van der Waals surface area contributed by atoms with Crippen LogP contribution in [0.5, 0.6) is 0 Å². The molecule has 0 unspecified atom stereocenters. The second kappa shape index (κ2) is 3.92. The molecule has 0 fully saturated rings. The summed E-state index contributed by atoms with van der Waals surface area (Å²) in [5.41, 5.74) is 2.95. The van der Waals surface area contributed by atoms with Gasteiger partial charge in [-0.05, 0) is 6.07 Å². The average molecular weight is 235 g/mol. The van der Waals surface area contributed by atoms with Crippen molar-refractivity contribution in [1.29, 1.82) is 0 Å². The highest BCUT2D eigenvalue weighted by atomic mass is 35.5. The van der Waals surface area contributed by atoms with Gasteiger partial charge in [0.05, 0.1) is 5.02 Å². The number of benzene rings is 1. The molecule has 0 amide bonds. The van der Waals surface area contributed by atoms with Crippen LogP contribution in [0, 0.1) is 0 Å². The summed E-state index contributed by atoms with van der Waals surface area (Å²) >= 11 is 6.16. The second-order valence-electron chi connectivity index (χ2n) is 3.84. The third-order valence-corrected chi connectivity index (χ3v) is 3.16. The van der Waals surface area contributed by atoms with Gasteiger partial charge in [-0.1, -0.05) is 35.0 Å². The lowest BCUT2D eigenvalue weighted by molar-refractivity contribution is 0.374.